The Bertz CT molecular complexity index is 2630. The van der Waals surface area contributed by atoms with Crippen molar-refractivity contribution in [3.8, 4) is 33.8 Å². The lowest BCUT2D eigenvalue weighted by Crippen LogP contribution is -2.35. The van der Waals surface area contributed by atoms with Crippen LogP contribution in [0.2, 0.25) is 0 Å². The van der Waals surface area contributed by atoms with E-state index in [1.165, 1.54) is 33.0 Å². The molecule has 52 heavy (non-hydrogen) atoms. The molecule has 0 aromatic heterocycles. The van der Waals surface area contributed by atoms with Crippen molar-refractivity contribution in [1.82, 2.24) is 0 Å². The van der Waals surface area contributed by atoms with E-state index in [0.717, 1.165) is 66.8 Å². The number of ether oxygens (including phenoxy) is 2. The molecule has 2 spiro atoms. The van der Waals surface area contributed by atoms with Crippen molar-refractivity contribution in [3.05, 3.63) is 215 Å². The number of benzene rings is 8. The molecule has 2 heterocycles. The minimum Gasteiger partial charge on any atom is -0.473 e. The molecule has 0 amide bonds. The Labute approximate surface area is 301 Å². The zero-order valence-corrected chi connectivity index (χ0v) is 28.1. The Morgan fingerprint density at radius 2 is 0.635 bits per heavy atom. The molecule has 2 heteroatoms. The first kappa shape index (κ1) is 28.1. The first-order valence-electron chi connectivity index (χ1n) is 18.0. The number of hydrogen-bond donors (Lipinski definition) is 0. The highest BCUT2D eigenvalue weighted by Crippen LogP contribution is 2.61. The third kappa shape index (κ3) is 3.49. The lowest BCUT2D eigenvalue weighted by atomic mass is 9.75. The lowest BCUT2D eigenvalue weighted by Gasteiger charge is -2.40. The molecule has 0 fully saturated rings. The quantitative estimate of drug-likeness (QED) is 0.174. The summed E-state index contributed by atoms with van der Waals surface area (Å²) in [4.78, 5) is 0. The van der Waals surface area contributed by atoms with Gasteiger partial charge in [0, 0.05) is 33.4 Å². The Hall–Kier alpha value is -6.64. The van der Waals surface area contributed by atoms with Gasteiger partial charge in [0.1, 0.15) is 11.5 Å². The molecule has 0 radical (unpaired) electrons. The van der Waals surface area contributed by atoms with Gasteiger partial charge in [0.05, 0.1) is 0 Å². The summed E-state index contributed by atoms with van der Waals surface area (Å²) in [5.74, 6) is 1.75. The lowest BCUT2D eigenvalue weighted by molar-refractivity contribution is 0.163. The van der Waals surface area contributed by atoms with E-state index in [2.05, 4.69) is 182 Å². The molecular formula is C50H30O2. The summed E-state index contributed by atoms with van der Waals surface area (Å²) in [5.41, 5.74) is 12.3. The highest BCUT2D eigenvalue weighted by atomic mass is 16.5. The van der Waals surface area contributed by atoms with Gasteiger partial charge in [-0.2, -0.15) is 0 Å². The Kier molecular flexibility index (Phi) is 5.40. The van der Waals surface area contributed by atoms with Gasteiger partial charge in [-0.3, -0.25) is 0 Å². The number of allylic oxidation sites excluding steroid dienone is 2. The van der Waals surface area contributed by atoms with Crippen LogP contribution in [0.1, 0.15) is 33.4 Å². The van der Waals surface area contributed by atoms with Crippen molar-refractivity contribution in [3.63, 3.8) is 0 Å². The Balaban J connectivity index is 1.26. The maximum absolute atomic E-state index is 7.43. The van der Waals surface area contributed by atoms with Crippen LogP contribution in [0.25, 0.3) is 54.9 Å². The molecule has 0 bridgehead atoms. The molecule has 2 aliphatic carbocycles. The topological polar surface area (TPSA) is 18.5 Å². The van der Waals surface area contributed by atoms with Gasteiger partial charge in [-0.1, -0.05) is 158 Å². The summed E-state index contributed by atoms with van der Waals surface area (Å²) in [6.45, 7) is 0. The predicted octanol–water partition coefficient (Wildman–Crippen LogP) is 12.1. The second kappa shape index (κ2) is 9.99. The maximum Gasteiger partial charge on any atom is 0.179 e. The molecule has 12 rings (SSSR count). The van der Waals surface area contributed by atoms with Crippen molar-refractivity contribution in [1.29, 1.82) is 0 Å². The van der Waals surface area contributed by atoms with Crippen molar-refractivity contribution >= 4 is 32.7 Å². The fraction of sp³-hybridized carbons (Fsp3) is 0.0400. The third-order valence-corrected chi connectivity index (χ3v) is 11.7. The third-order valence-electron chi connectivity index (χ3n) is 11.7. The molecule has 2 nitrogen and oxygen atoms in total. The normalized spacial score (nSPS) is 16.2. The van der Waals surface area contributed by atoms with Crippen LogP contribution in [0.5, 0.6) is 11.5 Å². The van der Waals surface area contributed by atoms with E-state index in [9.17, 15) is 0 Å². The molecule has 0 N–H and O–H groups in total. The zero-order chi connectivity index (χ0) is 34.0. The molecule has 0 unspecified atom stereocenters. The SMILES string of the molecule is C1=C(C2=CC3(Oc4ccc5ccccc5c42)c2ccccc2-c2ccccc23)c2c(ccc3ccccc23)OC12c1ccccc1-c1ccccc12. The van der Waals surface area contributed by atoms with Gasteiger partial charge in [0.2, 0.25) is 0 Å². The van der Waals surface area contributed by atoms with Crippen molar-refractivity contribution in [2.45, 2.75) is 11.2 Å². The fourth-order valence-corrected chi connectivity index (χ4v) is 9.60. The van der Waals surface area contributed by atoms with Gasteiger partial charge in [0.15, 0.2) is 11.2 Å². The Morgan fingerprint density at radius 1 is 0.308 bits per heavy atom. The van der Waals surface area contributed by atoms with Crippen LogP contribution in [-0.4, -0.2) is 0 Å². The van der Waals surface area contributed by atoms with Crippen molar-refractivity contribution < 1.29 is 9.47 Å². The molecule has 8 aromatic rings. The van der Waals surface area contributed by atoms with E-state index >= 15 is 0 Å². The average Bonchev–Trinajstić information content (AvgIpc) is 3.63. The molecule has 2 aliphatic heterocycles. The second-order valence-electron chi connectivity index (χ2n) is 14.3. The summed E-state index contributed by atoms with van der Waals surface area (Å²) >= 11 is 0. The number of rotatable bonds is 1. The van der Waals surface area contributed by atoms with Gasteiger partial charge in [-0.15, -0.1) is 0 Å². The maximum atomic E-state index is 7.43. The summed E-state index contributed by atoms with van der Waals surface area (Å²) in [6, 6.07) is 61.1. The van der Waals surface area contributed by atoms with Crippen molar-refractivity contribution in [2.75, 3.05) is 0 Å². The molecule has 0 atom stereocenters. The summed E-state index contributed by atoms with van der Waals surface area (Å²) < 4.78 is 14.9. The van der Waals surface area contributed by atoms with Crippen molar-refractivity contribution in [2.24, 2.45) is 0 Å². The van der Waals surface area contributed by atoms with Gasteiger partial charge in [-0.05, 0) is 79.2 Å². The van der Waals surface area contributed by atoms with Gasteiger partial charge in [-0.25, -0.2) is 0 Å². The van der Waals surface area contributed by atoms with E-state index in [1.54, 1.807) is 0 Å². The molecule has 0 saturated carbocycles. The van der Waals surface area contributed by atoms with E-state index in [0.29, 0.717) is 0 Å². The monoisotopic (exact) mass is 662 g/mol. The van der Waals surface area contributed by atoms with E-state index < -0.39 is 11.2 Å². The van der Waals surface area contributed by atoms with Crippen LogP contribution in [0.15, 0.2) is 182 Å². The van der Waals surface area contributed by atoms with E-state index in [-0.39, 0.29) is 0 Å². The second-order valence-corrected chi connectivity index (χ2v) is 14.3. The molecule has 0 saturated heterocycles. The number of hydrogen-bond acceptors (Lipinski definition) is 2. The first-order chi connectivity index (χ1) is 25.7. The van der Waals surface area contributed by atoms with Gasteiger partial charge < -0.3 is 9.47 Å². The zero-order valence-electron chi connectivity index (χ0n) is 28.1. The highest BCUT2D eigenvalue weighted by molar-refractivity contribution is 6.18. The fourth-order valence-electron chi connectivity index (χ4n) is 9.60. The van der Waals surface area contributed by atoms with Crippen LogP contribution in [0.3, 0.4) is 0 Å². The minimum absolute atomic E-state index is 0.833. The molecule has 242 valence electrons. The summed E-state index contributed by atoms with van der Waals surface area (Å²) in [5, 5.41) is 4.68. The van der Waals surface area contributed by atoms with Crippen LogP contribution in [0.4, 0.5) is 0 Å². The predicted molar refractivity (Wildman–Crippen MR) is 210 cm³/mol. The van der Waals surface area contributed by atoms with Crippen LogP contribution < -0.4 is 9.47 Å². The van der Waals surface area contributed by atoms with Crippen LogP contribution in [0, 0.1) is 0 Å². The molecule has 8 aromatic carbocycles. The van der Waals surface area contributed by atoms with E-state index in [4.69, 9.17) is 9.47 Å². The Morgan fingerprint density at radius 3 is 1.02 bits per heavy atom. The standard InChI is InChI=1S/C50H30O2/c1-3-15-33-31(13-1)25-27-45-47(33)39(29-49(51-45)41-21-9-5-17-35(41)36-18-6-10-22-42(36)49)40-30-50(52-46-28-26-32-14-2-4-16-34(32)48(40)46)43-23-11-7-19-37(43)38-20-8-12-24-44(38)50/h1-30H. The number of fused-ring (bicyclic) bond motifs is 16. The molecular weight excluding hydrogens is 633 g/mol. The smallest absolute Gasteiger partial charge is 0.179 e. The largest absolute Gasteiger partial charge is 0.473 e. The summed E-state index contributed by atoms with van der Waals surface area (Å²) in [6.07, 6.45) is 4.85. The molecule has 4 aliphatic rings. The van der Waals surface area contributed by atoms with Gasteiger partial charge in [0.25, 0.3) is 0 Å². The average molecular weight is 663 g/mol. The van der Waals surface area contributed by atoms with Crippen LogP contribution >= 0.6 is 0 Å². The van der Waals surface area contributed by atoms with Gasteiger partial charge >= 0.3 is 0 Å². The minimum atomic E-state index is -0.833. The van der Waals surface area contributed by atoms with E-state index in [1.807, 2.05) is 0 Å². The summed E-state index contributed by atoms with van der Waals surface area (Å²) in [7, 11) is 0. The first-order valence-corrected chi connectivity index (χ1v) is 18.0. The van der Waals surface area contributed by atoms with Crippen LogP contribution in [-0.2, 0) is 11.2 Å². The highest BCUT2D eigenvalue weighted by Gasteiger charge is 2.50.